The van der Waals surface area contributed by atoms with Gasteiger partial charge >= 0.3 is 5.97 Å². The van der Waals surface area contributed by atoms with E-state index < -0.39 is 12.0 Å². The van der Waals surface area contributed by atoms with Crippen molar-refractivity contribution in [2.75, 3.05) is 20.8 Å². The van der Waals surface area contributed by atoms with E-state index in [-0.39, 0.29) is 12.2 Å². The maximum absolute atomic E-state index is 13.7. The summed E-state index contributed by atoms with van der Waals surface area (Å²) in [7, 11) is 3.13. The van der Waals surface area contributed by atoms with E-state index in [1.807, 2.05) is 30.5 Å². The number of hydrogen-bond donors (Lipinski definition) is 0. The van der Waals surface area contributed by atoms with E-state index in [9.17, 15) is 9.59 Å². The van der Waals surface area contributed by atoms with Gasteiger partial charge in [0.25, 0.3) is 5.56 Å². The van der Waals surface area contributed by atoms with E-state index >= 15 is 0 Å². The predicted octanol–water partition coefficient (Wildman–Crippen LogP) is 3.66. The molecule has 34 heavy (non-hydrogen) atoms. The Morgan fingerprint density at radius 2 is 2.03 bits per heavy atom. The van der Waals surface area contributed by atoms with Crippen molar-refractivity contribution in [3.63, 3.8) is 0 Å². The Balaban J connectivity index is 2.07. The summed E-state index contributed by atoms with van der Waals surface area (Å²) in [5, 5.41) is 1.96. The fraction of sp³-hybridized carbons (Fsp3) is 0.320. The lowest BCUT2D eigenvalue weighted by Gasteiger charge is -2.27. The van der Waals surface area contributed by atoms with Gasteiger partial charge in [0.15, 0.2) is 4.80 Å². The van der Waals surface area contributed by atoms with Crippen LogP contribution in [0.1, 0.15) is 43.2 Å². The number of benzene rings is 1. The second-order valence-corrected chi connectivity index (χ2v) is 9.53. The van der Waals surface area contributed by atoms with Gasteiger partial charge in [-0.15, -0.1) is 11.3 Å². The van der Waals surface area contributed by atoms with Crippen LogP contribution >= 0.6 is 22.7 Å². The molecule has 0 saturated carbocycles. The first-order valence-corrected chi connectivity index (χ1v) is 12.7. The van der Waals surface area contributed by atoms with Gasteiger partial charge in [-0.3, -0.25) is 9.36 Å². The second-order valence-electron chi connectivity index (χ2n) is 7.54. The third kappa shape index (κ3) is 4.45. The molecule has 1 aliphatic rings. The molecule has 0 saturated heterocycles. The first-order valence-electron chi connectivity index (χ1n) is 11.0. The number of nitrogens with zero attached hydrogens (tertiary/aromatic N) is 2. The molecule has 1 atom stereocenters. The number of fused-ring (bicyclic) bond motifs is 1. The molecule has 1 aliphatic heterocycles. The second kappa shape index (κ2) is 10.4. The van der Waals surface area contributed by atoms with E-state index in [0.29, 0.717) is 44.1 Å². The van der Waals surface area contributed by atoms with Crippen LogP contribution in [0.5, 0.6) is 11.5 Å². The monoisotopic (exact) mass is 498 g/mol. The van der Waals surface area contributed by atoms with Crippen LogP contribution in [0.25, 0.3) is 6.08 Å². The zero-order chi connectivity index (χ0) is 24.2. The van der Waals surface area contributed by atoms with E-state index in [4.69, 9.17) is 19.2 Å². The number of rotatable bonds is 8. The molecule has 0 bridgehead atoms. The number of carbonyl (C=O) groups is 1. The average Bonchev–Trinajstić information content (AvgIpc) is 3.46. The van der Waals surface area contributed by atoms with Gasteiger partial charge in [-0.2, -0.15) is 0 Å². The van der Waals surface area contributed by atoms with Crippen LogP contribution in [0, 0.1) is 0 Å². The van der Waals surface area contributed by atoms with Crippen molar-refractivity contribution < 1.29 is 19.0 Å². The summed E-state index contributed by atoms with van der Waals surface area (Å²) >= 11 is 2.87. The van der Waals surface area contributed by atoms with Crippen LogP contribution in [0.3, 0.4) is 0 Å². The summed E-state index contributed by atoms with van der Waals surface area (Å²) in [5.41, 5.74) is 1.40. The normalized spacial score (nSPS) is 15.6. The summed E-state index contributed by atoms with van der Waals surface area (Å²) in [6.07, 6.45) is 3.22. The Morgan fingerprint density at radius 1 is 1.21 bits per heavy atom. The van der Waals surface area contributed by atoms with E-state index in [2.05, 4.69) is 0 Å². The smallest absolute Gasteiger partial charge is 0.338 e. The molecule has 0 fully saturated rings. The lowest BCUT2D eigenvalue weighted by molar-refractivity contribution is -0.139. The standard InChI is InChI=1S/C25H26N2O5S2/c1-5-8-18-21(24(29)32-6-2)22(17-13-15(30-3)10-11-19(17)31-4)27-23(28)20(34-25(27)26-18)14-16-9-7-12-33-16/h7,9-14,22H,5-6,8H2,1-4H3/b20-14+/t22-/m1/s1. The number of thiophene rings is 1. The highest BCUT2D eigenvalue weighted by molar-refractivity contribution is 7.11. The minimum atomic E-state index is -0.757. The van der Waals surface area contributed by atoms with Crippen molar-refractivity contribution in [2.24, 2.45) is 4.99 Å². The Morgan fingerprint density at radius 3 is 2.68 bits per heavy atom. The highest BCUT2D eigenvalue weighted by atomic mass is 32.1. The van der Waals surface area contributed by atoms with Crippen molar-refractivity contribution in [1.29, 1.82) is 0 Å². The Labute approximate surface area is 205 Å². The molecule has 3 aromatic rings. The lowest BCUT2D eigenvalue weighted by Crippen LogP contribution is -2.40. The molecule has 178 valence electrons. The highest BCUT2D eigenvalue weighted by Gasteiger charge is 2.36. The van der Waals surface area contributed by atoms with E-state index in [1.165, 1.54) is 11.3 Å². The maximum Gasteiger partial charge on any atom is 0.338 e. The maximum atomic E-state index is 13.7. The van der Waals surface area contributed by atoms with Crippen LogP contribution in [0.2, 0.25) is 0 Å². The number of carbonyl (C=O) groups excluding carboxylic acids is 1. The van der Waals surface area contributed by atoms with Crippen molar-refractivity contribution in [3.05, 3.63) is 77.1 Å². The van der Waals surface area contributed by atoms with Crippen LogP contribution < -0.4 is 24.4 Å². The quantitative estimate of drug-likeness (QED) is 0.443. The summed E-state index contributed by atoms with van der Waals surface area (Å²) in [5.74, 6) is 0.643. The van der Waals surface area contributed by atoms with Gasteiger partial charge in [-0.05, 0) is 49.1 Å². The molecule has 0 amide bonds. The van der Waals surface area contributed by atoms with E-state index in [1.54, 1.807) is 55.2 Å². The van der Waals surface area contributed by atoms with Crippen LogP contribution in [-0.2, 0) is 9.53 Å². The number of methoxy groups -OCH3 is 2. The Bertz CT molecular complexity index is 1400. The minimum absolute atomic E-state index is 0.215. The van der Waals surface area contributed by atoms with E-state index in [0.717, 1.165) is 11.3 Å². The van der Waals surface area contributed by atoms with Gasteiger partial charge in [0.05, 0.1) is 36.6 Å². The average molecular weight is 499 g/mol. The van der Waals surface area contributed by atoms with Gasteiger partial charge < -0.3 is 14.2 Å². The minimum Gasteiger partial charge on any atom is -0.497 e. The van der Waals surface area contributed by atoms with Gasteiger partial charge in [0.2, 0.25) is 0 Å². The fourth-order valence-electron chi connectivity index (χ4n) is 3.97. The molecule has 0 N–H and O–H groups in total. The van der Waals surface area contributed by atoms with Crippen LogP contribution in [0.4, 0.5) is 0 Å². The molecule has 7 nitrogen and oxygen atoms in total. The molecule has 3 heterocycles. The van der Waals surface area contributed by atoms with Gasteiger partial charge in [-0.25, -0.2) is 9.79 Å². The molecule has 2 aromatic heterocycles. The van der Waals surface area contributed by atoms with Crippen molar-refractivity contribution in [1.82, 2.24) is 4.57 Å². The molecule has 4 rings (SSSR count). The number of hydrogen-bond acceptors (Lipinski definition) is 8. The largest absolute Gasteiger partial charge is 0.497 e. The number of ether oxygens (including phenoxy) is 3. The summed E-state index contributed by atoms with van der Waals surface area (Å²) in [4.78, 5) is 33.3. The molecular formula is C25H26N2O5S2. The topological polar surface area (TPSA) is 79.1 Å². The van der Waals surface area contributed by atoms with Crippen molar-refractivity contribution >= 4 is 34.7 Å². The summed E-state index contributed by atoms with van der Waals surface area (Å²) < 4.78 is 18.7. The van der Waals surface area contributed by atoms with Gasteiger partial charge in [0.1, 0.15) is 17.5 Å². The predicted molar refractivity (Wildman–Crippen MR) is 133 cm³/mol. The molecule has 0 unspecified atom stereocenters. The third-order valence-corrected chi connectivity index (χ3v) is 7.24. The number of aromatic nitrogens is 1. The Kier molecular flexibility index (Phi) is 7.33. The van der Waals surface area contributed by atoms with Crippen molar-refractivity contribution in [2.45, 2.75) is 32.7 Å². The molecule has 9 heteroatoms. The highest BCUT2D eigenvalue weighted by Crippen LogP contribution is 2.38. The first kappa shape index (κ1) is 24.0. The first-order chi connectivity index (χ1) is 16.5. The lowest BCUT2D eigenvalue weighted by atomic mass is 9.93. The number of allylic oxidation sites excluding steroid dienone is 1. The summed E-state index contributed by atoms with van der Waals surface area (Å²) in [6.45, 7) is 4.00. The molecule has 0 spiro atoms. The van der Waals surface area contributed by atoms with Crippen molar-refractivity contribution in [3.8, 4) is 11.5 Å². The van der Waals surface area contributed by atoms with Gasteiger partial charge in [0, 0.05) is 10.4 Å². The SMILES string of the molecule is CCCC1=C(C(=O)OCC)[C@@H](c2cc(OC)ccc2OC)n2c(s/c(=C/c3cccs3)c2=O)=N1. The van der Waals surface area contributed by atoms with Gasteiger partial charge in [-0.1, -0.05) is 30.7 Å². The molecular weight excluding hydrogens is 472 g/mol. The summed E-state index contributed by atoms with van der Waals surface area (Å²) in [6, 6.07) is 8.50. The Hall–Kier alpha value is -3.17. The fourth-order valence-corrected chi connectivity index (χ4v) is 5.71. The van der Waals surface area contributed by atoms with Crippen LogP contribution in [0.15, 0.2) is 56.8 Å². The van der Waals surface area contributed by atoms with Crippen LogP contribution in [-0.4, -0.2) is 31.4 Å². The molecule has 1 aromatic carbocycles. The molecule has 0 radical (unpaired) electrons. The zero-order valence-electron chi connectivity index (χ0n) is 19.5. The third-order valence-electron chi connectivity index (χ3n) is 5.44. The zero-order valence-corrected chi connectivity index (χ0v) is 21.1. The number of esters is 1. The number of thiazole rings is 1. The molecule has 0 aliphatic carbocycles.